The van der Waals surface area contributed by atoms with Crippen molar-refractivity contribution < 1.29 is 13.2 Å². The third-order valence-electron chi connectivity index (χ3n) is 4.34. The van der Waals surface area contributed by atoms with Gasteiger partial charge in [-0.2, -0.15) is 0 Å². The fourth-order valence-electron chi connectivity index (χ4n) is 2.72. The monoisotopic (exact) mass is 387 g/mol. The van der Waals surface area contributed by atoms with Crippen molar-refractivity contribution in [2.24, 2.45) is 0 Å². The van der Waals surface area contributed by atoms with Gasteiger partial charge in [0, 0.05) is 11.6 Å². The third kappa shape index (κ3) is 5.00. The maximum atomic E-state index is 12.6. The summed E-state index contributed by atoms with van der Waals surface area (Å²) in [7, 11) is -5.70. The van der Waals surface area contributed by atoms with Gasteiger partial charge >= 0.3 is 0 Å². The molecule has 0 aliphatic carbocycles. The van der Waals surface area contributed by atoms with Crippen LogP contribution in [0.15, 0.2) is 70.8 Å². The summed E-state index contributed by atoms with van der Waals surface area (Å²) in [6.07, 6.45) is 0.750. The van der Waals surface area contributed by atoms with Crippen LogP contribution in [0.2, 0.25) is 13.1 Å². The van der Waals surface area contributed by atoms with Gasteiger partial charge in [-0.05, 0) is 26.0 Å². The van der Waals surface area contributed by atoms with Crippen molar-refractivity contribution in [3.05, 3.63) is 71.4 Å². The minimum absolute atomic E-state index is 0.194. The normalized spacial score (nSPS) is 14.1. The average molecular weight is 388 g/mol. The number of aldehydes is 1. The van der Waals surface area contributed by atoms with Gasteiger partial charge < -0.3 is 0 Å². The van der Waals surface area contributed by atoms with E-state index in [9.17, 15) is 13.2 Å². The highest BCUT2D eigenvalue weighted by Crippen LogP contribution is 2.14. The summed E-state index contributed by atoms with van der Waals surface area (Å²) < 4.78 is 27.7. The molecule has 4 nitrogen and oxygen atoms in total. The molecule has 0 saturated carbocycles. The molecule has 0 fully saturated rings. The largest absolute Gasteiger partial charge is 0.298 e. The molecule has 2 aromatic rings. The lowest BCUT2D eigenvalue weighted by atomic mass is 10.2. The minimum Gasteiger partial charge on any atom is -0.298 e. The van der Waals surface area contributed by atoms with E-state index in [1.165, 1.54) is 5.19 Å². The van der Waals surface area contributed by atoms with E-state index in [0.29, 0.717) is 5.57 Å². The van der Waals surface area contributed by atoms with E-state index in [2.05, 4.69) is 17.8 Å². The summed E-state index contributed by atoms with van der Waals surface area (Å²) >= 11 is 0. The molecule has 1 atom stereocenters. The Morgan fingerprint density at radius 2 is 1.62 bits per heavy atom. The molecular formula is C20H25NO3SSi. The van der Waals surface area contributed by atoms with Crippen LogP contribution in [0.5, 0.6) is 0 Å². The van der Waals surface area contributed by atoms with Crippen LogP contribution in [-0.2, 0) is 14.8 Å². The zero-order valence-corrected chi connectivity index (χ0v) is 17.4. The topological polar surface area (TPSA) is 63.2 Å². The van der Waals surface area contributed by atoms with Crippen LogP contribution in [-0.4, -0.2) is 28.8 Å². The number of rotatable bonds is 7. The molecule has 0 radical (unpaired) electrons. The number of hydrogen-bond acceptors (Lipinski definition) is 3. The molecule has 0 bridgehead atoms. The van der Waals surface area contributed by atoms with Crippen LogP contribution in [0.1, 0.15) is 12.5 Å². The second kappa shape index (κ2) is 8.12. The molecule has 0 spiro atoms. The average Bonchev–Trinajstić information content (AvgIpc) is 2.60. The quantitative estimate of drug-likeness (QED) is 0.451. The Morgan fingerprint density at radius 1 is 1.04 bits per heavy atom. The van der Waals surface area contributed by atoms with Gasteiger partial charge in [-0.3, -0.25) is 4.79 Å². The summed E-state index contributed by atoms with van der Waals surface area (Å²) in [5.41, 5.74) is 3.40. The van der Waals surface area contributed by atoms with Crippen molar-refractivity contribution in [1.29, 1.82) is 0 Å². The lowest BCUT2D eigenvalue weighted by Gasteiger charge is -2.22. The van der Waals surface area contributed by atoms with Crippen LogP contribution in [0, 0.1) is 6.92 Å². The zero-order valence-electron chi connectivity index (χ0n) is 15.6. The highest BCUT2D eigenvalue weighted by Gasteiger charge is 2.25. The molecule has 0 saturated heterocycles. The summed E-state index contributed by atoms with van der Waals surface area (Å²) in [4.78, 5) is 11.8. The summed E-state index contributed by atoms with van der Waals surface area (Å²) in [5.74, 6) is 0. The Kier molecular flexibility index (Phi) is 6.33. The lowest BCUT2D eigenvalue weighted by molar-refractivity contribution is -0.105. The van der Waals surface area contributed by atoms with Crippen LogP contribution in [0.4, 0.5) is 0 Å². The molecule has 138 valence electrons. The van der Waals surface area contributed by atoms with Gasteiger partial charge in [0.15, 0.2) is 0 Å². The number of carbonyl (C=O) groups is 1. The third-order valence-corrected chi connectivity index (χ3v) is 8.78. The van der Waals surface area contributed by atoms with Gasteiger partial charge in [0.25, 0.3) is 0 Å². The van der Waals surface area contributed by atoms with E-state index >= 15 is 0 Å². The summed E-state index contributed by atoms with van der Waals surface area (Å²) in [6.45, 7) is 7.86. The Morgan fingerprint density at radius 3 is 2.15 bits per heavy atom. The Hall–Kier alpha value is -2.02. The van der Waals surface area contributed by atoms with Gasteiger partial charge in [-0.1, -0.05) is 72.0 Å². The molecule has 0 aliphatic rings. The SMILES string of the molecule is Cc1ccc(S(=O)(=O)NC(C)/C(C=O)=C/[Si](C)(C)c2ccccc2)cc1. The van der Waals surface area contributed by atoms with Crippen LogP contribution in [0.3, 0.4) is 0 Å². The number of nitrogens with one attached hydrogen (secondary N) is 1. The maximum Gasteiger partial charge on any atom is 0.241 e. The van der Waals surface area contributed by atoms with Crippen molar-refractivity contribution in [3.63, 3.8) is 0 Å². The molecule has 6 heteroatoms. The van der Waals surface area contributed by atoms with E-state index in [-0.39, 0.29) is 4.90 Å². The number of carbonyl (C=O) groups excluding carboxylic acids is 1. The zero-order chi connectivity index (χ0) is 19.4. The van der Waals surface area contributed by atoms with E-state index in [0.717, 1.165) is 11.8 Å². The maximum absolute atomic E-state index is 12.6. The molecule has 1 N–H and O–H groups in total. The number of benzene rings is 2. The first-order valence-corrected chi connectivity index (χ1v) is 13.0. The number of hydrogen-bond donors (Lipinski definition) is 1. The Labute approximate surface area is 157 Å². The van der Waals surface area contributed by atoms with Crippen molar-refractivity contribution in [3.8, 4) is 0 Å². The highest BCUT2D eigenvalue weighted by atomic mass is 32.2. The molecule has 2 aromatic carbocycles. The van der Waals surface area contributed by atoms with Crippen LogP contribution < -0.4 is 9.91 Å². The van der Waals surface area contributed by atoms with Gasteiger partial charge in [0.1, 0.15) is 14.4 Å². The minimum atomic E-state index is -3.69. The predicted octanol–water partition coefficient (Wildman–Crippen LogP) is 2.94. The fourth-order valence-corrected chi connectivity index (χ4v) is 6.32. The van der Waals surface area contributed by atoms with Gasteiger partial charge in [0.05, 0.1) is 4.90 Å². The second-order valence-corrected chi connectivity index (χ2v) is 13.0. The smallest absolute Gasteiger partial charge is 0.241 e. The van der Waals surface area contributed by atoms with E-state index < -0.39 is 24.1 Å². The second-order valence-electron chi connectivity index (χ2n) is 7.01. The van der Waals surface area contributed by atoms with Crippen molar-refractivity contribution in [2.75, 3.05) is 0 Å². The van der Waals surface area contributed by atoms with Gasteiger partial charge in [0.2, 0.25) is 10.0 Å². The number of aryl methyl sites for hydroxylation is 1. The lowest BCUT2D eigenvalue weighted by Crippen LogP contribution is -2.42. The molecule has 0 amide bonds. The first-order chi connectivity index (χ1) is 12.2. The van der Waals surface area contributed by atoms with Crippen molar-refractivity contribution in [2.45, 2.75) is 37.9 Å². The summed E-state index contributed by atoms with van der Waals surface area (Å²) in [6, 6.07) is 16.0. The van der Waals surface area contributed by atoms with Crippen LogP contribution in [0.25, 0.3) is 0 Å². The standard InChI is InChI=1S/C20H25NO3SSi/c1-16-10-12-19(13-11-16)25(23,24)21-17(2)18(14-22)15-26(3,4)20-8-6-5-7-9-20/h5-15,17,21H,1-4H3/b18-15+. The number of sulfonamides is 1. The first-order valence-electron chi connectivity index (χ1n) is 8.48. The summed E-state index contributed by atoms with van der Waals surface area (Å²) in [5, 5.41) is 1.19. The van der Waals surface area contributed by atoms with E-state index in [1.807, 2.05) is 43.0 Å². The molecule has 1 unspecified atom stereocenters. The molecule has 0 aliphatic heterocycles. The molecule has 0 aromatic heterocycles. The predicted molar refractivity (Wildman–Crippen MR) is 109 cm³/mol. The van der Waals surface area contributed by atoms with E-state index in [1.54, 1.807) is 31.2 Å². The molecule has 26 heavy (non-hydrogen) atoms. The first kappa shape index (κ1) is 20.3. The molecule has 2 rings (SSSR count). The van der Waals surface area contributed by atoms with Gasteiger partial charge in [-0.25, -0.2) is 13.1 Å². The Balaban J connectivity index is 2.27. The Bertz CT molecular complexity index is 888. The highest BCUT2D eigenvalue weighted by molar-refractivity contribution is 7.89. The van der Waals surface area contributed by atoms with Crippen molar-refractivity contribution in [1.82, 2.24) is 4.72 Å². The molecular weight excluding hydrogens is 362 g/mol. The molecule has 0 heterocycles. The van der Waals surface area contributed by atoms with Crippen LogP contribution >= 0.6 is 0 Å². The fraction of sp³-hybridized carbons (Fsp3) is 0.250. The van der Waals surface area contributed by atoms with Crippen molar-refractivity contribution >= 4 is 29.6 Å². The van der Waals surface area contributed by atoms with Gasteiger partial charge in [-0.15, -0.1) is 0 Å². The van der Waals surface area contributed by atoms with E-state index in [4.69, 9.17) is 0 Å².